The molecule has 0 aliphatic heterocycles. The number of halogens is 2. The normalized spacial score (nSPS) is 21.7. The highest BCUT2D eigenvalue weighted by Crippen LogP contribution is 2.22. The second kappa shape index (κ2) is 6.87. The summed E-state index contributed by atoms with van der Waals surface area (Å²) in [6.07, 6.45) is 2.33. The Kier molecular flexibility index (Phi) is 5.14. The van der Waals surface area contributed by atoms with E-state index in [1.165, 1.54) is 18.2 Å². The molecular weight excluding hydrogens is 299 g/mol. The van der Waals surface area contributed by atoms with Gasteiger partial charge in [0.15, 0.2) is 5.82 Å². The van der Waals surface area contributed by atoms with Gasteiger partial charge in [-0.05, 0) is 25.0 Å². The number of nitrogens with one attached hydrogen (secondary N) is 2. The predicted molar refractivity (Wildman–Crippen MR) is 76.4 cm³/mol. The van der Waals surface area contributed by atoms with Crippen LogP contribution in [0.1, 0.15) is 25.7 Å². The molecule has 3 N–H and O–H groups in total. The smallest absolute Gasteiger partial charge is 0.313 e. The van der Waals surface area contributed by atoms with Crippen molar-refractivity contribution in [2.45, 2.75) is 37.8 Å². The van der Waals surface area contributed by atoms with E-state index in [1.54, 1.807) is 0 Å². The van der Waals surface area contributed by atoms with Crippen molar-refractivity contribution in [1.82, 2.24) is 5.32 Å². The number of carbonyl (C=O) groups is 2. The monoisotopic (exact) mass is 314 g/mol. The average molecular weight is 315 g/mol. The van der Waals surface area contributed by atoms with Gasteiger partial charge in [0, 0.05) is 0 Å². The number of aliphatic hydroxyl groups is 1. The molecule has 2 amide bonds. The fraction of sp³-hybridized carbons (Fsp3) is 0.429. The summed E-state index contributed by atoms with van der Waals surface area (Å²) in [6, 6.07) is 3.66. The lowest BCUT2D eigenvalue weighted by Gasteiger charge is -2.27. The van der Waals surface area contributed by atoms with E-state index in [-0.39, 0.29) is 10.7 Å². The second-order valence-corrected chi connectivity index (χ2v) is 5.39. The Morgan fingerprint density at radius 1 is 1.24 bits per heavy atom. The minimum Gasteiger partial charge on any atom is -0.391 e. The van der Waals surface area contributed by atoms with Crippen LogP contribution in [0.25, 0.3) is 0 Å². The predicted octanol–water partition coefficient (Wildman–Crippen LogP) is 1.84. The van der Waals surface area contributed by atoms with E-state index in [9.17, 15) is 19.1 Å². The van der Waals surface area contributed by atoms with Gasteiger partial charge >= 0.3 is 11.8 Å². The largest absolute Gasteiger partial charge is 0.391 e. The van der Waals surface area contributed by atoms with Crippen LogP contribution in [0.3, 0.4) is 0 Å². The summed E-state index contributed by atoms with van der Waals surface area (Å²) >= 11 is 5.59. The quantitative estimate of drug-likeness (QED) is 0.729. The number of aliphatic hydroxyl groups excluding tert-OH is 1. The molecule has 2 unspecified atom stereocenters. The third kappa shape index (κ3) is 3.92. The van der Waals surface area contributed by atoms with Gasteiger partial charge in [-0.25, -0.2) is 4.39 Å². The maximum absolute atomic E-state index is 13.6. The summed E-state index contributed by atoms with van der Waals surface area (Å²) in [4.78, 5) is 23.5. The van der Waals surface area contributed by atoms with Crippen LogP contribution >= 0.6 is 11.6 Å². The Morgan fingerprint density at radius 3 is 2.67 bits per heavy atom. The summed E-state index contributed by atoms with van der Waals surface area (Å²) in [5.41, 5.74) is -0.160. The SMILES string of the molecule is O=C(Nc1cccc(Cl)c1F)C(=O)NC1CCCCC1O. The van der Waals surface area contributed by atoms with Crippen molar-refractivity contribution in [3.8, 4) is 0 Å². The first-order valence-corrected chi connectivity index (χ1v) is 7.10. The molecule has 1 saturated carbocycles. The molecule has 2 rings (SSSR count). The number of amides is 2. The molecule has 21 heavy (non-hydrogen) atoms. The van der Waals surface area contributed by atoms with E-state index in [1.807, 2.05) is 0 Å². The summed E-state index contributed by atoms with van der Waals surface area (Å²) in [5, 5.41) is 14.2. The number of rotatable bonds is 2. The lowest BCUT2D eigenvalue weighted by Crippen LogP contribution is -2.48. The molecule has 0 radical (unpaired) electrons. The molecule has 1 aliphatic carbocycles. The molecule has 0 bridgehead atoms. The Bertz CT molecular complexity index is 553. The molecule has 0 heterocycles. The Hall–Kier alpha value is -1.66. The van der Waals surface area contributed by atoms with Crippen LogP contribution in [0.4, 0.5) is 10.1 Å². The van der Waals surface area contributed by atoms with Crippen LogP contribution in [0.5, 0.6) is 0 Å². The molecule has 1 fully saturated rings. The average Bonchev–Trinajstić information content (AvgIpc) is 2.46. The van der Waals surface area contributed by atoms with E-state index in [0.29, 0.717) is 12.8 Å². The van der Waals surface area contributed by atoms with Crippen LogP contribution < -0.4 is 10.6 Å². The molecule has 7 heteroatoms. The number of hydrogen-bond donors (Lipinski definition) is 3. The summed E-state index contributed by atoms with van der Waals surface area (Å²) in [5.74, 6) is -2.69. The molecule has 1 aromatic rings. The highest BCUT2D eigenvalue weighted by Gasteiger charge is 2.27. The topological polar surface area (TPSA) is 78.4 Å². The van der Waals surface area contributed by atoms with Gasteiger partial charge in [-0.15, -0.1) is 0 Å². The molecule has 0 aromatic heterocycles. The fourth-order valence-corrected chi connectivity index (χ4v) is 2.47. The molecule has 0 saturated heterocycles. The van der Waals surface area contributed by atoms with E-state index in [0.717, 1.165) is 12.8 Å². The highest BCUT2D eigenvalue weighted by molar-refractivity contribution is 6.40. The van der Waals surface area contributed by atoms with Gasteiger partial charge in [0.2, 0.25) is 0 Å². The van der Waals surface area contributed by atoms with Gasteiger partial charge in [0.05, 0.1) is 22.9 Å². The lowest BCUT2D eigenvalue weighted by atomic mass is 9.92. The first-order chi connectivity index (χ1) is 9.99. The van der Waals surface area contributed by atoms with Gasteiger partial charge in [-0.3, -0.25) is 9.59 Å². The summed E-state index contributed by atoms with van der Waals surface area (Å²) in [7, 11) is 0. The number of hydrogen-bond acceptors (Lipinski definition) is 3. The third-order valence-electron chi connectivity index (χ3n) is 3.45. The van der Waals surface area contributed by atoms with Gasteiger partial charge in [-0.2, -0.15) is 0 Å². The number of benzene rings is 1. The van der Waals surface area contributed by atoms with Crippen molar-refractivity contribution in [2.75, 3.05) is 5.32 Å². The maximum Gasteiger partial charge on any atom is 0.313 e. The zero-order valence-electron chi connectivity index (χ0n) is 11.2. The zero-order valence-corrected chi connectivity index (χ0v) is 12.0. The number of carbonyl (C=O) groups excluding carboxylic acids is 2. The minimum absolute atomic E-state index is 0.143. The molecule has 2 atom stereocenters. The van der Waals surface area contributed by atoms with E-state index in [2.05, 4.69) is 10.6 Å². The van der Waals surface area contributed by atoms with Crippen molar-refractivity contribution in [3.63, 3.8) is 0 Å². The third-order valence-corrected chi connectivity index (χ3v) is 3.74. The van der Waals surface area contributed by atoms with Crippen LogP contribution in [0.2, 0.25) is 5.02 Å². The summed E-state index contributed by atoms with van der Waals surface area (Å²) in [6.45, 7) is 0. The van der Waals surface area contributed by atoms with Crippen LogP contribution in [-0.2, 0) is 9.59 Å². The number of anilines is 1. The Balaban J connectivity index is 1.96. The van der Waals surface area contributed by atoms with Crippen molar-refractivity contribution >= 4 is 29.1 Å². The standard InChI is InChI=1S/C14H16ClFN2O3/c15-8-4-3-6-10(12(8)16)18-14(21)13(20)17-9-5-1-2-7-11(9)19/h3-4,6,9,11,19H,1-2,5,7H2,(H,17,20)(H,18,21). The molecule has 1 aliphatic rings. The molecule has 1 aromatic carbocycles. The zero-order chi connectivity index (χ0) is 15.4. The Morgan fingerprint density at radius 2 is 1.95 bits per heavy atom. The highest BCUT2D eigenvalue weighted by atomic mass is 35.5. The molecule has 0 spiro atoms. The second-order valence-electron chi connectivity index (χ2n) is 4.99. The minimum atomic E-state index is -0.992. The first-order valence-electron chi connectivity index (χ1n) is 6.73. The van der Waals surface area contributed by atoms with Gasteiger partial charge in [-0.1, -0.05) is 30.5 Å². The van der Waals surface area contributed by atoms with E-state index in [4.69, 9.17) is 11.6 Å². The lowest BCUT2D eigenvalue weighted by molar-refractivity contribution is -0.137. The van der Waals surface area contributed by atoms with Crippen molar-refractivity contribution in [3.05, 3.63) is 29.0 Å². The molecule has 114 valence electrons. The molecule has 5 nitrogen and oxygen atoms in total. The maximum atomic E-state index is 13.6. The van der Waals surface area contributed by atoms with Gasteiger partial charge in [0.25, 0.3) is 0 Å². The van der Waals surface area contributed by atoms with Crippen LogP contribution in [0.15, 0.2) is 18.2 Å². The van der Waals surface area contributed by atoms with Gasteiger partial charge < -0.3 is 15.7 Å². The van der Waals surface area contributed by atoms with Crippen molar-refractivity contribution in [2.24, 2.45) is 0 Å². The van der Waals surface area contributed by atoms with Crippen molar-refractivity contribution in [1.29, 1.82) is 0 Å². The van der Waals surface area contributed by atoms with E-state index >= 15 is 0 Å². The van der Waals surface area contributed by atoms with E-state index < -0.39 is 29.8 Å². The van der Waals surface area contributed by atoms with Crippen LogP contribution in [0, 0.1) is 5.82 Å². The van der Waals surface area contributed by atoms with Crippen molar-refractivity contribution < 1.29 is 19.1 Å². The summed E-state index contributed by atoms with van der Waals surface area (Å²) < 4.78 is 13.6. The first kappa shape index (κ1) is 15.7. The van der Waals surface area contributed by atoms with Gasteiger partial charge in [0.1, 0.15) is 0 Å². The van der Waals surface area contributed by atoms with Crippen LogP contribution in [-0.4, -0.2) is 29.1 Å². The molecular formula is C14H16ClFN2O3. The Labute approximate surface area is 126 Å². The fourth-order valence-electron chi connectivity index (χ4n) is 2.29.